The SMILES string of the molecule is COc1ccc(C(=O)C=Cc2ccc(C#N)cc2)cc1CSCC(=O)O. The van der Waals surface area contributed by atoms with Crippen LogP contribution in [0.4, 0.5) is 0 Å². The Morgan fingerprint density at radius 1 is 1.23 bits per heavy atom. The number of allylic oxidation sites excluding steroid dienone is 1. The molecule has 0 radical (unpaired) electrons. The third-order valence-electron chi connectivity index (χ3n) is 3.51. The minimum Gasteiger partial charge on any atom is -0.496 e. The zero-order valence-electron chi connectivity index (χ0n) is 14.1. The van der Waals surface area contributed by atoms with E-state index >= 15 is 0 Å². The third kappa shape index (κ3) is 5.50. The van der Waals surface area contributed by atoms with Gasteiger partial charge in [0, 0.05) is 16.9 Å². The number of ketones is 1. The number of hydrogen-bond acceptors (Lipinski definition) is 5. The van der Waals surface area contributed by atoms with E-state index in [2.05, 4.69) is 0 Å². The minimum absolute atomic E-state index is 0.0140. The van der Waals surface area contributed by atoms with Crippen molar-refractivity contribution in [2.24, 2.45) is 0 Å². The monoisotopic (exact) mass is 367 g/mol. The van der Waals surface area contributed by atoms with Crippen molar-refractivity contribution < 1.29 is 19.4 Å². The maximum Gasteiger partial charge on any atom is 0.313 e. The molecule has 132 valence electrons. The minimum atomic E-state index is -0.883. The summed E-state index contributed by atoms with van der Waals surface area (Å²) in [5.41, 5.74) is 2.66. The van der Waals surface area contributed by atoms with Crippen LogP contribution in [-0.2, 0) is 10.5 Å². The van der Waals surface area contributed by atoms with Crippen molar-refractivity contribution in [2.75, 3.05) is 12.9 Å². The first-order valence-electron chi connectivity index (χ1n) is 7.72. The Morgan fingerprint density at radius 3 is 2.58 bits per heavy atom. The van der Waals surface area contributed by atoms with Crippen molar-refractivity contribution in [3.8, 4) is 11.8 Å². The molecular formula is C20H17NO4S. The van der Waals surface area contributed by atoms with Gasteiger partial charge < -0.3 is 9.84 Å². The van der Waals surface area contributed by atoms with Crippen molar-refractivity contribution in [3.05, 3.63) is 70.8 Å². The first-order valence-corrected chi connectivity index (χ1v) is 8.88. The average molecular weight is 367 g/mol. The molecule has 0 spiro atoms. The Balaban J connectivity index is 2.13. The zero-order valence-corrected chi connectivity index (χ0v) is 15.0. The van der Waals surface area contributed by atoms with E-state index in [9.17, 15) is 9.59 Å². The van der Waals surface area contributed by atoms with Gasteiger partial charge in [-0.05, 0) is 42.0 Å². The molecule has 0 bridgehead atoms. The maximum absolute atomic E-state index is 12.4. The molecule has 2 aromatic rings. The van der Waals surface area contributed by atoms with E-state index in [-0.39, 0.29) is 11.5 Å². The fourth-order valence-electron chi connectivity index (χ4n) is 2.23. The predicted molar refractivity (Wildman–Crippen MR) is 101 cm³/mol. The summed E-state index contributed by atoms with van der Waals surface area (Å²) in [6, 6.07) is 14.1. The number of ether oxygens (including phenoxy) is 1. The number of carboxylic acids is 1. The molecule has 0 aliphatic carbocycles. The van der Waals surface area contributed by atoms with Gasteiger partial charge in [-0.25, -0.2) is 0 Å². The normalized spacial score (nSPS) is 10.5. The van der Waals surface area contributed by atoms with Crippen molar-refractivity contribution in [2.45, 2.75) is 5.75 Å². The second kappa shape index (κ2) is 9.44. The molecule has 0 aliphatic rings. The van der Waals surface area contributed by atoms with E-state index < -0.39 is 5.97 Å². The van der Waals surface area contributed by atoms with Gasteiger partial charge in [-0.15, -0.1) is 11.8 Å². The van der Waals surface area contributed by atoms with Gasteiger partial charge in [-0.2, -0.15) is 5.26 Å². The van der Waals surface area contributed by atoms with Gasteiger partial charge in [0.15, 0.2) is 5.78 Å². The lowest BCUT2D eigenvalue weighted by molar-refractivity contribution is -0.133. The van der Waals surface area contributed by atoms with Crippen LogP contribution >= 0.6 is 11.8 Å². The molecule has 5 nitrogen and oxygen atoms in total. The van der Waals surface area contributed by atoms with Crippen LogP contribution in [0.2, 0.25) is 0 Å². The summed E-state index contributed by atoms with van der Waals surface area (Å²) in [4.78, 5) is 23.0. The predicted octanol–water partition coefficient (Wildman–Crippen LogP) is 3.78. The van der Waals surface area contributed by atoms with Crippen LogP contribution in [0, 0.1) is 11.3 Å². The molecule has 6 heteroatoms. The second-order valence-corrected chi connectivity index (χ2v) is 6.33. The summed E-state index contributed by atoms with van der Waals surface area (Å²) < 4.78 is 5.27. The first-order chi connectivity index (χ1) is 12.5. The highest BCUT2D eigenvalue weighted by Gasteiger charge is 2.09. The number of hydrogen-bond donors (Lipinski definition) is 1. The second-order valence-electron chi connectivity index (χ2n) is 5.34. The van der Waals surface area contributed by atoms with E-state index in [4.69, 9.17) is 15.1 Å². The molecule has 2 rings (SSSR count). The molecule has 0 amide bonds. The molecule has 1 N–H and O–H groups in total. The molecular weight excluding hydrogens is 350 g/mol. The molecule has 2 aromatic carbocycles. The van der Waals surface area contributed by atoms with Crippen LogP contribution in [-0.4, -0.2) is 29.7 Å². The van der Waals surface area contributed by atoms with Crippen LogP contribution < -0.4 is 4.74 Å². The molecule has 0 aliphatic heterocycles. The standard InChI is InChI=1S/C20H17NO4S/c1-25-19-9-7-16(10-17(19)12-26-13-20(23)24)18(22)8-6-14-2-4-15(11-21)5-3-14/h2-10H,12-13H2,1H3,(H,23,24). The smallest absolute Gasteiger partial charge is 0.313 e. The Hall–Kier alpha value is -3.04. The third-order valence-corrected chi connectivity index (χ3v) is 4.48. The number of benzene rings is 2. The number of methoxy groups -OCH3 is 1. The summed E-state index contributed by atoms with van der Waals surface area (Å²) >= 11 is 1.24. The molecule has 0 saturated carbocycles. The summed E-state index contributed by atoms with van der Waals surface area (Å²) in [6.45, 7) is 0. The van der Waals surface area contributed by atoms with E-state index in [1.807, 2.05) is 6.07 Å². The number of carbonyl (C=O) groups is 2. The van der Waals surface area contributed by atoms with Crippen molar-refractivity contribution in [1.82, 2.24) is 0 Å². The van der Waals surface area contributed by atoms with E-state index in [1.165, 1.54) is 24.9 Å². The lowest BCUT2D eigenvalue weighted by Gasteiger charge is -2.09. The lowest BCUT2D eigenvalue weighted by atomic mass is 10.1. The highest BCUT2D eigenvalue weighted by molar-refractivity contribution is 7.99. The Labute approximate surface area is 155 Å². The number of nitrogens with zero attached hydrogens (tertiary/aromatic N) is 1. The van der Waals surface area contributed by atoms with Gasteiger partial charge in [0.2, 0.25) is 0 Å². The highest BCUT2D eigenvalue weighted by Crippen LogP contribution is 2.25. The summed E-state index contributed by atoms with van der Waals surface area (Å²) in [7, 11) is 1.53. The van der Waals surface area contributed by atoms with Gasteiger partial charge in [0.1, 0.15) is 5.75 Å². The van der Waals surface area contributed by atoms with Gasteiger partial charge in [-0.1, -0.05) is 18.2 Å². The molecule has 26 heavy (non-hydrogen) atoms. The van der Waals surface area contributed by atoms with Gasteiger partial charge in [-0.3, -0.25) is 9.59 Å². The quantitative estimate of drug-likeness (QED) is 0.564. The van der Waals surface area contributed by atoms with Gasteiger partial charge in [0.25, 0.3) is 0 Å². The average Bonchev–Trinajstić information content (AvgIpc) is 2.66. The Morgan fingerprint density at radius 2 is 1.96 bits per heavy atom. The largest absolute Gasteiger partial charge is 0.496 e. The number of rotatable bonds is 8. The number of nitriles is 1. The van der Waals surface area contributed by atoms with Crippen molar-refractivity contribution >= 4 is 29.6 Å². The van der Waals surface area contributed by atoms with E-state index in [0.29, 0.717) is 22.6 Å². The van der Waals surface area contributed by atoms with Crippen molar-refractivity contribution in [3.63, 3.8) is 0 Å². The van der Waals surface area contributed by atoms with Crippen LogP contribution in [0.3, 0.4) is 0 Å². The van der Waals surface area contributed by atoms with E-state index in [0.717, 1.165) is 11.1 Å². The Bertz CT molecular complexity index is 866. The van der Waals surface area contributed by atoms with Crippen LogP contribution in [0.5, 0.6) is 5.75 Å². The topological polar surface area (TPSA) is 87.4 Å². The molecule has 0 aromatic heterocycles. The summed E-state index contributed by atoms with van der Waals surface area (Å²) in [5, 5.41) is 17.5. The maximum atomic E-state index is 12.4. The summed E-state index contributed by atoms with van der Waals surface area (Å²) in [6.07, 6.45) is 3.16. The lowest BCUT2D eigenvalue weighted by Crippen LogP contribution is -2.01. The fourth-order valence-corrected chi connectivity index (χ4v) is 2.95. The molecule has 0 saturated heterocycles. The number of carbonyl (C=O) groups excluding carboxylic acids is 1. The molecule has 0 fully saturated rings. The number of aliphatic carboxylic acids is 1. The van der Waals surface area contributed by atoms with Crippen LogP contribution in [0.25, 0.3) is 6.08 Å². The summed E-state index contributed by atoms with van der Waals surface area (Å²) in [5.74, 6) is -0.000822. The molecule has 0 unspecified atom stereocenters. The number of carboxylic acid groups (broad SMARTS) is 1. The van der Waals surface area contributed by atoms with Crippen LogP contribution in [0.1, 0.15) is 27.0 Å². The first kappa shape index (κ1) is 19.3. The van der Waals surface area contributed by atoms with Gasteiger partial charge >= 0.3 is 5.97 Å². The molecule has 0 atom stereocenters. The van der Waals surface area contributed by atoms with Crippen molar-refractivity contribution in [1.29, 1.82) is 5.26 Å². The van der Waals surface area contributed by atoms with Crippen LogP contribution in [0.15, 0.2) is 48.5 Å². The zero-order chi connectivity index (χ0) is 18.9. The Kier molecular flexibility index (Phi) is 7.01. The molecule has 0 heterocycles. The fraction of sp³-hybridized carbons (Fsp3) is 0.150. The van der Waals surface area contributed by atoms with E-state index in [1.54, 1.807) is 48.5 Å². The van der Waals surface area contributed by atoms with Gasteiger partial charge in [0.05, 0.1) is 24.5 Å². The number of thioether (sulfide) groups is 1. The highest BCUT2D eigenvalue weighted by atomic mass is 32.2.